The average molecular weight is 595 g/mol. The molecule has 0 fully saturated rings. The van der Waals surface area contributed by atoms with Gasteiger partial charge in [-0.2, -0.15) is 0 Å². The van der Waals surface area contributed by atoms with Crippen LogP contribution >= 0.6 is 0 Å². The van der Waals surface area contributed by atoms with Gasteiger partial charge in [-0.15, -0.1) is 0 Å². The van der Waals surface area contributed by atoms with Crippen molar-refractivity contribution >= 4 is 79.8 Å². The zero-order valence-electron chi connectivity index (χ0n) is 27.1. The van der Waals surface area contributed by atoms with Crippen LogP contribution in [-0.2, 0) is 0 Å². The molecule has 0 saturated carbocycles. The molecule has 5 rings (SSSR count). The van der Waals surface area contributed by atoms with Crippen LogP contribution in [0.5, 0.6) is 0 Å². The first-order valence-corrected chi connectivity index (χ1v) is 13.4. The molecule has 0 radical (unpaired) electrons. The van der Waals surface area contributed by atoms with Crippen molar-refractivity contribution in [3.05, 3.63) is 35.4 Å². The first-order valence-electron chi connectivity index (χ1n) is 13.4. The van der Waals surface area contributed by atoms with Gasteiger partial charge in [0.1, 0.15) is 23.3 Å². The van der Waals surface area contributed by atoms with Crippen molar-refractivity contribution in [1.29, 1.82) is 0 Å². The smallest absolute Gasteiger partial charge is 0.375 e. The third-order valence-corrected chi connectivity index (χ3v) is 6.74. The van der Waals surface area contributed by atoms with Gasteiger partial charge in [0.2, 0.25) is 0 Å². The SMILES string of the molecule is CN(C)C1=C(N(C)C)c2nc1nc1ccc(nc3nc(nc4[n-]c(n2)c(N(C)C)c4N(C)C)C(N(C)C)=C3N(C)C)[n-]1.[Mg+2]. The third-order valence-electron chi connectivity index (χ3n) is 6.74. The van der Waals surface area contributed by atoms with Crippen molar-refractivity contribution < 1.29 is 0 Å². The molecule has 5 heterocycles. The van der Waals surface area contributed by atoms with E-state index < -0.39 is 0 Å². The van der Waals surface area contributed by atoms with E-state index in [0.29, 0.717) is 45.9 Å². The predicted octanol–water partition coefficient (Wildman–Crippen LogP) is 0.802. The molecule has 43 heavy (non-hydrogen) atoms. The average Bonchev–Trinajstić information content (AvgIpc) is 3.63. The fourth-order valence-corrected chi connectivity index (χ4v) is 5.08. The van der Waals surface area contributed by atoms with Crippen molar-refractivity contribution in [3.63, 3.8) is 0 Å². The second kappa shape index (κ2) is 11.9. The minimum absolute atomic E-state index is 0. The summed E-state index contributed by atoms with van der Waals surface area (Å²) in [6.45, 7) is 0. The molecule has 15 heteroatoms. The van der Waals surface area contributed by atoms with Gasteiger partial charge < -0.3 is 59.3 Å². The fourth-order valence-electron chi connectivity index (χ4n) is 5.08. The number of anilines is 2. The summed E-state index contributed by atoms with van der Waals surface area (Å²) in [5, 5.41) is 0. The Kier molecular flexibility index (Phi) is 8.79. The Morgan fingerprint density at radius 1 is 0.395 bits per heavy atom. The zero-order valence-corrected chi connectivity index (χ0v) is 28.5. The second-order valence-electron chi connectivity index (χ2n) is 11.3. The van der Waals surface area contributed by atoms with Gasteiger partial charge in [0.25, 0.3) is 0 Å². The van der Waals surface area contributed by atoms with Crippen LogP contribution in [0, 0.1) is 0 Å². The molecule has 0 unspecified atom stereocenters. The quantitative estimate of drug-likeness (QED) is 0.374. The van der Waals surface area contributed by atoms with Gasteiger partial charge in [-0.3, -0.25) is 0 Å². The van der Waals surface area contributed by atoms with Crippen molar-refractivity contribution in [2.24, 2.45) is 0 Å². The van der Waals surface area contributed by atoms with Crippen LogP contribution in [0.2, 0.25) is 0 Å². The van der Waals surface area contributed by atoms with E-state index in [1.165, 1.54) is 0 Å². The normalized spacial score (nSPS) is 12.7. The third kappa shape index (κ3) is 5.66. The summed E-state index contributed by atoms with van der Waals surface area (Å²) in [6, 6.07) is 3.65. The van der Waals surface area contributed by atoms with Crippen LogP contribution in [0.25, 0.3) is 45.4 Å². The summed E-state index contributed by atoms with van der Waals surface area (Å²) >= 11 is 0. The first kappa shape index (κ1) is 31.8. The Labute approximate surface area is 268 Å². The summed E-state index contributed by atoms with van der Waals surface area (Å²) in [6.07, 6.45) is 0. The van der Waals surface area contributed by atoms with E-state index in [9.17, 15) is 0 Å². The number of nitrogens with zero attached hydrogens (tertiary/aromatic N) is 14. The molecule has 14 nitrogen and oxygen atoms in total. The number of fused-ring (bicyclic) bond motifs is 8. The van der Waals surface area contributed by atoms with Gasteiger partial charge in [-0.1, -0.05) is 0 Å². The van der Waals surface area contributed by atoms with Crippen LogP contribution in [0.15, 0.2) is 12.1 Å². The number of aromatic nitrogens is 8. The Morgan fingerprint density at radius 2 is 0.698 bits per heavy atom. The monoisotopic (exact) mass is 594 g/mol. The maximum Gasteiger partial charge on any atom is 2.00 e. The summed E-state index contributed by atoms with van der Waals surface area (Å²) < 4.78 is 0. The van der Waals surface area contributed by atoms with Crippen LogP contribution in [-0.4, -0.2) is 157 Å². The Balaban J connectivity index is 0.00000423. The van der Waals surface area contributed by atoms with E-state index in [1.807, 2.05) is 126 Å². The van der Waals surface area contributed by atoms with Gasteiger partial charge in [-0.25, -0.2) is 9.97 Å². The van der Waals surface area contributed by atoms with Gasteiger partial charge >= 0.3 is 23.1 Å². The van der Waals surface area contributed by atoms with Gasteiger partial charge in [0, 0.05) is 107 Å². The minimum Gasteiger partial charge on any atom is -0.375 e. The van der Waals surface area contributed by atoms with Crippen LogP contribution in [0.3, 0.4) is 0 Å². The minimum atomic E-state index is 0. The van der Waals surface area contributed by atoms with E-state index in [0.717, 1.165) is 34.2 Å². The standard InChI is InChI=1S/C28H38N14.Mg/c1-37(2)17-19(39(5)6)25-32-23(17)30-15-13-14-16(29-15)31-24-18(38(3)4)20(40(7)8)26(33-24)35-28-22(42(11)12)21(41(9)10)27(34-25)36-28;/h13-14H,1-12H3;/q-2;+2. The van der Waals surface area contributed by atoms with E-state index in [4.69, 9.17) is 34.9 Å². The van der Waals surface area contributed by atoms with E-state index >= 15 is 0 Å². The molecule has 3 aromatic rings. The molecule has 222 valence electrons. The number of hydrogen-bond donors (Lipinski definition) is 0. The molecule has 8 bridgehead atoms. The molecular weight excluding hydrogens is 557 g/mol. The predicted molar refractivity (Wildman–Crippen MR) is 173 cm³/mol. The molecule has 0 aromatic carbocycles. The van der Waals surface area contributed by atoms with Crippen LogP contribution in [0.4, 0.5) is 11.4 Å². The molecular formula is C28H38MgN14. The molecule has 3 aromatic heterocycles. The first-order chi connectivity index (χ1) is 19.8. The van der Waals surface area contributed by atoms with E-state index in [2.05, 4.69) is 4.98 Å². The zero-order chi connectivity index (χ0) is 30.6. The van der Waals surface area contributed by atoms with Crippen molar-refractivity contribution in [2.75, 3.05) is 94.4 Å². The van der Waals surface area contributed by atoms with Crippen LogP contribution < -0.4 is 19.8 Å². The topological polar surface area (TPSA) is 125 Å². The van der Waals surface area contributed by atoms with Gasteiger partial charge in [-0.05, 0) is 12.1 Å². The van der Waals surface area contributed by atoms with Crippen molar-refractivity contribution in [1.82, 2.24) is 59.5 Å². The van der Waals surface area contributed by atoms with Crippen molar-refractivity contribution in [2.45, 2.75) is 0 Å². The Bertz CT molecular complexity index is 1630. The molecule has 0 N–H and O–H groups in total. The summed E-state index contributed by atoms with van der Waals surface area (Å²) in [5.41, 5.74) is 6.91. The van der Waals surface area contributed by atoms with Gasteiger partial charge in [0.15, 0.2) is 0 Å². The molecule has 0 atom stereocenters. The number of rotatable bonds is 6. The summed E-state index contributed by atoms with van der Waals surface area (Å²) in [7, 11) is 23.6. The maximum atomic E-state index is 5.04. The Hall–Kier alpha value is -4.11. The van der Waals surface area contributed by atoms with E-state index in [-0.39, 0.29) is 23.1 Å². The molecule has 0 saturated heterocycles. The largest absolute Gasteiger partial charge is 2.00 e. The van der Waals surface area contributed by atoms with Gasteiger partial charge in [0.05, 0.1) is 34.2 Å². The summed E-state index contributed by atoms with van der Waals surface area (Å²) in [4.78, 5) is 51.2. The molecule has 2 aliphatic rings. The number of hydrogen-bond acceptors (Lipinski definition) is 12. The molecule has 0 aliphatic carbocycles. The Morgan fingerprint density at radius 3 is 0.977 bits per heavy atom. The van der Waals surface area contributed by atoms with Crippen LogP contribution in [0.1, 0.15) is 23.3 Å². The van der Waals surface area contributed by atoms with Crippen molar-refractivity contribution in [3.8, 4) is 0 Å². The maximum absolute atomic E-state index is 5.04. The second-order valence-corrected chi connectivity index (χ2v) is 11.3. The summed E-state index contributed by atoms with van der Waals surface area (Å²) in [5.74, 6) is 2.02. The van der Waals surface area contributed by atoms with E-state index in [1.54, 1.807) is 0 Å². The molecule has 0 spiro atoms. The molecule has 2 aliphatic heterocycles. The molecule has 0 amide bonds. The fraction of sp³-hybridized carbons (Fsp3) is 0.429.